The van der Waals surface area contributed by atoms with Gasteiger partial charge in [-0.15, -0.1) is 0 Å². The number of ether oxygens (including phenoxy) is 1. The first-order chi connectivity index (χ1) is 13.5. The first kappa shape index (κ1) is 18.4. The van der Waals surface area contributed by atoms with Gasteiger partial charge in [0, 0.05) is 30.2 Å². The van der Waals surface area contributed by atoms with Crippen molar-refractivity contribution in [1.82, 2.24) is 19.6 Å². The minimum Gasteiger partial charge on any atom is -0.494 e. The van der Waals surface area contributed by atoms with Crippen LogP contribution in [0.4, 0.5) is 4.79 Å². The van der Waals surface area contributed by atoms with Gasteiger partial charge in [0.05, 0.1) is 31.6 Å². The van der Waals surface area contributed by atoms with Crippen molar-refractivity contribution in [3.05, 3.63) is 64.8 Å². The SMILES string of the molecule is COc1ccccc1-n1nc2c(c1-c1ccc(Cl)cc1)CN(C(=O)N(C)C)C2. The molecule has 28 heavy (non-hydrogen) atoms. The molecule has 1 aromatic heterocycles. The van der Waals surface area contributed by atoms with Crippen LogP contribution in [0.5, 0.6) is 5.75 Å². The molecule has 0 fully saturated rings. The molecular formula is C21H21ClN4O2. The summed E-state index contributed by atoms with van der Waals surface area (Å²) < 4.78 is 7.46. The number of nitrogens with zero attached hydrogens (tertiary/aromatic N) is 4. The molecule has 0 atom stereocenters. The lowest BCUT2D eigenvalue weighted by atomic mass is 10.1. The highest BCUT2D eigenvalue weighted by atomic mass is 35.5. The molecule has 1 aliphatic rings. The molecule has 4 rings (SSSR count). The van der Waals surface area contributed by atoms with Crippen molar-refractivity contribution in [2.24, 2.45) is 0 Å². The van der Waals surface area contributed by atoms with Crippen LogP contribution in [-0.4, -0.2) is 46.8 Å². The Labute approximate surface area is 168 Å². The predicted octanol–water partition coefficient (Wildman–Crippen LogP) is 4.20. The molecule has 0 bridgehead atoms. The van der Waals surface area contributed by atoms with Crippen molar-refractivity contribution in [3.63, 3.8) is 0 Å². The highest BCUT2D eigenvalue weighted by Gasteiger charge is 2.32. The average Bonchev–Trinajstić information content (AvgIpc) is 3.26. The van der Waals surface area contributed by atoms with Gasteiger partial charge < -0.3 is 14.5 Å². The predicted molar refractivity (Wildman–Crippen MR) is 109 cm³/mol. The Morgan fingerprint density at radius 2 is 1.82 bits per heavy atom. The fourth-order valence-electron chi connectivity index (χ4n) is 3.52. The fraction of sp³-hybridized carbons (Fsp3) is 0.238. The molecular weight excluding hydrogens is 376 g/mol. The Balaban J connectivity index is 1.87. The maximum atomic E-state index is 12.4. The lowest BCUT2D eigenvalue weighted by Gasteiger charge is -2.21. The molecule has 6 nitrogen and oxygen atoms in total. The number of carbonyl (C=O) groups is 1. The van der Waals surface area contributed by atoms with Crippen LogP contribution in [0.15, 0.2) is 48.5 Å². The highest BCUT2D eigenvalue weighted by molar-refractivity contribution is 6.30. The third-order valence-electron chi connectivity index (χ3n) is 4.84. The molecule has 0 aliphatic carbocycles. The van der Waals surface area contributed by atoms with Crippen LogP contribution in [0, 0.1) is 0 Å². The van der Waals surface area contributed by atoms with Crippen LogP contribution in [0.2, 0.25) is 5.02 Å². The van der Waals surface area contributed by atoms with E-state index in [1.807, 2.05) is 53.2 Å². The largest absolute Gasteiger partial charge is 0.494 e. The maximum absolute atomic E-state index is 12.4. The molecule has 2 amide bonds. The zero-order valence-corrected chi connectivity index (χ0v) is 16.8. The Hall–Kier alpha value is -2.99. The number of rotatable bonds is 3. The zero-order chi connectivity index (χ0) is 19.8. The second-order valence-corrected chi connectivity index (χ2v) is 7.33. The Morgan fingerprint density at radius 3 is 2.50 bits per heavy atom. The normalized spacial score (nSPS) is 12.8. The summed E-state index contributed by atoms with van der Waals surface area (Å²) in [5.74, 6) is 0.736. The minimum absolute atomic E-state index is 0.0242. The van der Waals surface area contributed by atoms with Gasteiger partial charge in [-0.3, -0.25) is 0 Å². The number of urea groups is 1. The minimum atomic E-state index is -0.0242. The van der Waals surface area contributed by atoms with Gasteiger partial charge in [-0.25, -0.2) is 9.48 Å². The summed E-state index contributed by atoms with van der Waals surface area (Å²) in [5.41, 5.74) is 4.73. The van der Waals surface area contributed by atoms with Crippen LogP contribution >= 0.6 is 11.6 Å². The maximum Gasteiger partial charge on any atom is 0.320 e. The standard InChI is InChI=1S/C21H21ClN4O2/c1-24(2)21(27)25-12-16-17(13-25)23-26(18-6-4-5-7-19(18)28-3)20(16)14-8-10-15(22)11-9-14/h4-11H,12-13H2,1-3H3. The molecule has 0 unspecified atom stereocenters. The topological polar surface area (TPSA) is 50.6 Å². The molecule has 2 aromatic carbocycles. The second-order valence-electron chi connectivity index (χ2n) is 6.90. The Morgan fingerprint density at radius 1 is 1.11 bits per heavy atom. The number of amides is 2. The molecule has 144 valence electrons. The number of carbonyl (C=O) groups excluding carboxylic acids is 1. The van der Waals surface area contributed by atoms with E-state index in [1.54, 1.807) is 31.0 Å². The van der Waals surface area contributed by atoms with E-state index in [0.29, 0.717) is 18.1 Å². The van der Waals surface area contributed by atoms with E-state index < -0.39 is 0 Å². The van der Waals surface area contributed by atoms with E-state index in [2.05, 4.69) is 0 Å². The summed E-state index contributed by atoms with van der Waals surface area (Å²) in [7, 11) is 5.16. The van der Waals surface area contributed by atoms with E-state index in [4.69, 9.17) is 21.4 Å². The number of halogens is 1. The van der Waals surface area contributed by atoms with Crippen LogP contribution in [0.3, 0.4) is 0 Å². The number of para-hydroxylation sites is 2. The van der Waals surface area contributed by atoms with Gasteiger partial charge in [-0.2, -0.15) is 5.10 Å². The molecule has 0 saturated heterocycles. The quantitative estimate of drug-likeness (QED) is 0.666. The number of methoxy groups -OCH3 is 1. The molecule has 0 saturated carbocycles. The lowest BCUT2D eigenvalue weighted by molar-refractivity contribution is 0.170. The van der Waals surface area contributed by atoms with E-state index in [1.165, 1.54) is 0 Å². The molecule has 2 heterocycles. The number of benzene rings is 2. The average molecular weight is 397 g/mol. The first-order valence-electron chi connectivity index (χ1n) is 8.96. The van der Waals surface area contributed by atoms with Crippen LogP contribution in [0.1, 0.15) is 11.3 Å². The summed E-state index contributed by atoms with van der Waals surface area (Å²) in [5, 5.41) is 5.53. The third kappa shape index (κ3) is 3.10. The van der Waals surface area contributed by atoms with Crippen LogP contribution < -0.4 is 4.74 Å². The highest BCUT2D eigenvalue weighted by Crippen LogP contribution is 2.37. The number of aromatic nitrogens is 2. The Bertz CT molecular complexity index is 1030. The van der Waals surface area contributed by atoms with Gasteiger partial charge in [0.2, 0.25) is 0 Å². The van der Waals surface area contributed by atoms with Crippen molar-refractivity contribution >= 4 is 17.6 Å². The monoisotopic (exact) mass is 396 g/mol. The summed E-state index contributed by atoms with van der Waals surface area (Å²) in [6, 6.07) is 15.4. The molecule has 0 radical (unpaired) electrons. The van der Waals surface area contributed by atoms with Crippen molar-refractivity contribution in [3.8, 4) is 22.7 Å². The number of fused-ring (bicyclic) bond motifs is 1. The van der Waals surface area contributed by atoms with Crippen molar-refractivity contribution in [2.75, 3.05) is 21.2 Å². The molecule has 0 spiro atoms. The van der Waals surface area contributed by atoms with E-state index in [-0.39, 0.29) is 6.03 Å². The smallest absolute Gasteiger partial charge is 0.320 e. The molecule has 3 aromatic rings. The van der Waals surface area contributed by atoms with Crippen molar-refractivity contribution < 1.29 is 9.53 Å². The van der Waals surface area contributed by atoms with Gasteiger partial charge in [0.1, 0.15) is 11.4 Å². The molecule has 1 aliphatic heterocycles. The van der Waals surface area contributed by atoms with Crippen molar-refractivity contribution in [2.45, 2.75) is 13.1 Å². The summed E-state index contributed by atoms with van der Waals surface area (Å²) in [6.07, 6.45) is 0. The molecule has 7 heteroatoms. The van der Waals surface area contributed by atoms with Gasteiger partial charge in [0.15, 0.2) is 0 Å². The number of hydrogen-bond acceptors (Lipinski definition) is 3. The fourth-order valence-corrected chi connectivity index (χ4v) is 3.64. The second kappa shape index (κ2) is 7.20. The van der Waals surface area contributed by atoms with Gasteiger partial charge >= 0.3 is 6.03 Å². The summed E-state index contributed by atoms with van der Waals surface area (Å²) >= 11 is 6.09. The van der Waals surface area contributed by atoms with Gasteiger partial charge in [0.25, 0.3) is 0 Å². The third-order valence-corrected chi connectivity index (χ3v) is 5.09. The van der Waals surface area contributed by atoms with E-state index >= 15 is 0 Å². The summed E-state index contributed by atoms with van der Waals surface area (Å²) in [4.78, 5) is 15.8. The van der Waals surface area contributed by atoms with Gasteiger partial charge in [-0.05, 0) is 24.3 Å². The van der Waals surface area contributed by atoms with Gasteiger partial charge in [-0.1, -0.05) is 35.9 Å². The number of hydrogen-bond donors (Lipinski definition) is 0. The summed E-state index contributed by atoms with van der Waals surface area (Å²) in [6.45, 7) is 0.995. The van der Waals surface area contributed by atoms with Crippen molar-refractivity contribution in [1.29, 1.82) is 0 Å². The Kier molecular flexibility index (Phi) is 4.73. The lowest BCUT2D eigenvalue weighted by Crippen LogP contribution is -2.35. The van der Waals surface area contributed by atoms with E-state index in [0.717, 1.165) is 34.0 Å². The molecule has 0 N–H and O–H groups in total. The van der Waals surface area contributed by atoms with Crippen LogP contribution in [0.25, 0.3) is 16.9 Å². The van der Waals surface area contributed by atoms with Crippen LogP contribution in [-0.2, 0) is 13.1 Å². The zero-order valence-electron chi connectivity index (χ0n) is 16.0. The van der Waals surface area contributed by atoms with E-state index in [9.17, 15) is 4.79 Å². The first-order valence-corrected chi connectivity index (χ1v) is 9.33.